The van der Waals surface area contributed by atoms with Crippen molar-refractivity contribution in [2.24, 2.45) is 0 Å². The number of benzene rings is 1. The number of aryl methyl sites for hydroxylation is 1. The highest BCUT2D eigenvalue weighted by Gasteiger charge is 2.27. The molecule has 0 bridgehead atoms. The molecule has 1 atom stereocenters. The average Bonchev–Trinajstić information content (AvgIpc) is 3.14. The number of hydrogen-bond donors (Lipinski definition) is 1. The summed E-state index contributed by atoms with van der Waals surface area (Å²) in [4.78, 5) is 6.63. The van der Waals surface area contributed by atoms with Gasteiger partial charge in [0.15, 0.2) is 0 Å². The molecule has 1 aliphatic carbocycles. The van der Waals surface area contributed by atoms with E-state index in [2.05, 4.69) is 57.4 Å². The van der Waals surface area contributed by atoms with Gasteiger partial charge in [0.05, 0.1) is 0 Å². The van der Waals surface area contributed by atoms with Crippen molar-refractivity contribution in [1.82, 2.24) is 9.80 Å². The molecule has 1 fully saturated rings. The quantitative estimate of drug-likeness (QED) is 0.846. The van der Waals surface area contributed by atoms with E-state index in [0.29, 0.717) is 6.04 Å². The topological polar surface area (TPSA) is 26.7 Å². The molecule has 4 heteroatoms. The molecule has 0 radical (unpaired) electrons. The van der Waals surface area contributed by atoms with Crippen LogP contribution in [0.1, 0.15) is 28.0 Å². The Labute approximate surface area is 160 Å². The lowest BCUT2D eigenvalue weighted by atomic mass is 9.87. The second-order valence-electron chi connectivity index (χ2n) is 7.24. The maximum Gasteiger partial charge on any atom is 0.104 e. The van der Waals surface area contributed by atoms with Crippen LogP contribution in [0.4, 0.5) is 0 Å². The zero-order valence-electron chi connectivity index (χ0n) is 15.2. The van der Waals surface area contributed by atoms with Crippen LogP contribution in [0.5, 0.6) is 0 Å². The SMILES string of the molecule is OCC#Cc1csc(CN2CCN(C3CCc4ccccc4C3)CC2)c1. The van der Waals surface area contributed by atoms with E-state index in [0.717, 1.165) is 25.2 Å². The van der Waals surface area contributed by atoms with Crippen LogP contribution in [0.25, 0.3) is 0 Å². The molecule has 0 amide bonds. The second kappa shape index (κ2) is 8.37. The monoisotopic (exact) mass is 366 g/mol. The van der Waals surface area contributed by atoms with Gasteiger partial charge >= 0.3 is 0 Å². The van der Waals surface area contributed by atoms with Gasteiger partial charge in [0.1, 0.15) is 6.61 Å². The molecular weight excluding hydrogens is 340 g/mol. The zero-order chi connectivity index (χ0) is 17.8. The molecule has 136 valence electrons. The Morgan fingerprint density at radius 3 is 2.73 bits per heavy atom. The van der Waals surface area contributed by atoms with Crippen molar-refractivity contribution in [3.05, 3.63) is 57.3 Å². The fourth-order valence-corrected chi connectivity index (χ4v) is 5.03. The van der Waals surface area contributed by atoms with Gasteiger partial charge in [-0.1, -0.05) is 36.1 Å². The predicted molar refractivity (Wildman–Crippen MR) is 107 cm³/mol. The number of rotatable bonds is 3. The Balaban J connectivity index is 1.29. The van der Waals surface area contributed by atoms with Gasteiger partial charge in [0.25, 0.3) is 0 Å². The molecule has 2 heterocycles. The number of thiophene rings is 1. The minimum atomic E-state index is -0.0707. The first-order chi connectivity index (χ1) is 12.8. The predicted octanol–water partition coefficient (Wildman–Crippen LogP) is 2.77. The Bertz CT molecular complexity index is 796. The van der Waals surface area contributed by atoms with Crippen molar-refractivity contribution >= 4 is 11.3 Å². The number of aliphatic hydroxyl groups is 1. The summed E-state index contributed by atoms with van der Waals surface area (Å²) >= 11 is 1.78. The van der Waals surface area contributed by atoms with E-state index in [9.17, 15) is 0 Å². The van der Waals surface area contributed by atoms with E-state index in [-0.39, 0.29) is 6.61 Å². The Hall–Kier alpha value is -1.64. The Kier molecular flexibility index (Phi) is 5.72. The van der Waals surface area contributed by atoms with Gasteiger partial charge in [-0.25, -0.2) is 0 Å². The maximum absolute atomic E-state index is 8.80. The van der Waals surface area contributed by atoms with Crippen LogP contribution < -0.4 is 0 Å². The summed E-state index contributed by atoms with van der Waals surface area (Å²) in [5.41, 5.74) is 4.14. The highest BCUT2D eigenvalue weighted by atomic mass is 32.1. The molecule has 1 N–H and O–H groups in total. The van der Waals surface area contributed by atoms with Gasteiger partial charge in [-0.3, -0.25) is 9.80 Å². The van der Waals surface area contributed by atoms with Gasteiger partial charge in [-0.15, -0.1) is 11.3 Å². The molecule has 0 saturated carbocycles. The van der Waals surface area contributed by atoms with E-state index in [1.165, 1.54) is 37.2 Å². The summed E-state index contributed by atoms with van der Waals surface area (Å²) in [6, 6.07) is 11.8. The molecule has 4 rings (SSSR count). The van der Waals surface area contributed by atoms with E-state index >= 15 is 0 Å². The summed E-state index contributed by atoms with van der Waals surface area (Å²) in [7, 11) is 0. The lowest BCUT2D eigenvalue weighted by Gasteiger charge is -2.41. The maximum atomic E-state index is 8.80. The number of piperazine rings is 1. The van der Waals surface area contributed by atoms with Crippen LogP contribution in [0.15, 0.2) is 35.7 Å². The third-order valence-electron chi connectivity index (χ3n) is 5.59. The summed E-state index contributed by atoms with van der Waals surface area (Å²) in [5, 5.41) is 10.9. The van der Waals surface area contributed by atoms with Crippen molar-refractivity contribution in [2.75, 3.05) is 32.8 Å². The minimum Gasteiger partial charge on any atom is -0.384 e. The molecule has 3 nitrogen and oxygen atoms in total. The van der Waals surface area contributed by atoms with Crippen LogP contribution in [0, 0.1) is 11.8 Å². The first kappa shape index (κ1) is 17.8. The van der Waals surface area contributed by atoms with Gasteiger partial charge in [-0.05, 0) is 36.5 Å². The summed E-state index contributed by atoms with van der Waals surface area (Å²) in [6.45, 7) is 5.59. The molecule has 1 saturated heterocycles. The minimum absolute atomic E-state index is 0.0707. The smallest absolute Gasteiger partial charge is 0.104 e. The Morgan fingerprint density at radius 2 is 1.92 bits per heavy atom. The van der Waals surface area contributed by atoms with Gasteiger partial charge in [0, 0.05) is 54.6 Å². The summed E-state index contributed by atoms with van der Waals surface area (Å²) in [5.74, 6) is 5.72. The molecule has 2 aromatic rings. The standard InChI is InChI=1S/C22H26N2OS/c25-13-3-4-18-14-22(26-17-18)16-23-9-11-24(12-10-23)21-8-7-19-5-1-2-6-20(19)15-21/h1-2,5-6,14,17,21,25H,7-13,15-16H2. The molecule has 2 aliphatic rings. The lowest BCUT2D eigenvalue weighted by molar-refractivity contribution is 0.0862. The molecule has 26 heavy (non-hydrogen) atoms. The fourth-order valence-electron chi connectivity index (χ4n) is 4.17. The first-order valence-corrected chi connectivity index (χ1v) is 10.4. The van der Waals surface area contributed by atoms with E-state index in [1.807, 2.05) is 0 Å². The van der Waals surface area contributed by atoms with Crippen molar-refractivity contribution in [1.29, 1.82) is 0 Å². The normalized spacial score (nSPS) is 21.0. The zero-order valence-corrected chi connectivity index (χ0v) is 16.0. The molecule has 1 aromatic heterocycles. The largest absolute Gasteiger partial charge is 0.384 e. The highest BCUT2D eigenvalue weighted by Crippen LogP contribution is 2.25. The lowest BCUT2D eigenvalue weighted by Crippen LogP contribution is -2.51. The van der Waals surface area contributed by atoms with E-state index < -0.39 is 0 Å². The van der Waals surface area contributed by atoms with Crippen molar-refractivity contribution in [2.45, 2.75) is 31.8 Å². The van der Waals surface area contributed by atoms with Crippen LogP contribution in [0.3, 0.4) is 0 Å². The fraction of sp³-hybridized carbons (Fsp3) is 0.455. The summed E-state index contributed by atoms with van der Waals surface area (Å²) in [6.07, 6.45) is 3.75. The molecule has 0 spiro atoms. The van der Waals surface area contributed by atoms with E-state index in [4.69, 9.17) is 5.11 Å². The highest BCUT2D eigenvalue weighted by molar-refractivity contribution is 7.10. The molecular formula is C22H26N2OS. The van der Waals surface area contributed by atoms with Crippen molar-refractivity contribution in [3.8, 4) is 11.8 Å². The molecule has 1 unspecified atom stereocenters. The number of aliphatic hydroxyl groups excluding tert-OH is 1. The number of nitrogens with zero attached hydrogens (tertiary/aromatic N) is 2. The van der Waals surface area contributed by atoms with Crippen LogP contribution in [-0.2, 0) is 19.4 Å². The van der Waals surface area contributed by atoms with Crippen LogP contribution in [-0.4, -0.2) is 53.7 Å². The third kappa shape index (κ3) is 4.19. The van der Waals surface area contributed by atoms with Crippen LogP contribution in [0.2, 0.25) is 0 Å². The molecule has 1 aliphatic heterocycles. The Morgan fingerprint density at radius 1 is 1.12 bits per heavy atom. The summed E-state index contributed by atoms with van der Waals surface area (Å²) < 4.78 is 0. The third-order valence-corrected chi connectivity index (χ3v) is 6.51. The molecule has 1 aromatic carbocycles. The number of fused-ring (bicyclic) bond motifs is 1. The second-order valence-corrected chi connectivity index (χ2v) is 8.23. The van der Waals surface area contributed by atoms with Gasteiger partial charge < -0.3 is 5.11 Å². The van der Waals surface area contributed by atoms with Crippen molar-refractivity contribution < 1.29 is 5.11 Å². The van der Waals surface area contributed by atoms with Gasteiger partial charge in [-0.2, -0.15) is 0 Å². The van der Waals surface area contributed by atoms with Crippen LogP contribution >= 0.6 is 11.3 Å². The first-order valence-electron chi connectivity index (χ1n) is 9.52. The van der Waals surface area contributed by atoms with Gasteiger partial charge in [0.2, 0.25) is 0 Å². The number of hydrogen-bond acceptors (Lipinski definition) is 4. The van der Waals surface area contributed by atoms with Crippen molar-refractivity contribution in [3.63, 3.8) is 0 Å². The van der Waals surface area contributed by atoms with E-state index in [1.54, 1.807) is 22.5 Å². The average molecular weight is 367 g/mol.